The molecule has 0 amide bonds. The van der Waals surface area contributed by atoms with E-state index in [9.17, 15) is 9.90 Å². The molecule has 2 rings (SSSR count). The van der Waals surface area contributed by atoms with Gasteiger partial charge in [0.1, 0.15) is 0 Å². The summed E-state index contributed by atoms with van der Waals surface area (Å²) in [6.45, 7) is 2.10. The van der Waals surface area contributed by atoms with Crippen LogP contribution in [0, 0.1) is 5.92 Å². The highest BCUT2D eigenvalue weighted by atomic mass is 16.4. The van der Waals surface area contributed by atoms with Gasteiger partial charge in [0.25, 0.3) is 0 Å². The molecule has 2 N–H and O–H groups in total. The first-order valence-electron chi connectivity index (χ1n) is 6.72. The highest BCUT2D eigenvalue weighted by Gasteiger charge is 2.31. The Kier molecular flexibility index (Phi) is 4.37. The SMILES string of the molecule is CC(NC1CCCCC1C(=O)O)c1ccccc1. The Morgan fingerprint density at radius 2 is 1.94 bits per heavy atom. The van der Waals surface area contributed by atoms with Gasteiger partial charge >= 0.3 is 5.97 Å². The fraction of sp³-hybridized carbons (Fsp3) is 0.533. The van der Waals surface area contributed by atoms with Crippen LogP contribution in [-0.4, -0.2) is 17.1 Å². The topological polar surface area (TPSA) is 49.3 Å². The Hall–Kier alpha value is -1.35. The highest BCUT2D eigenvalue weighted by Crippen LogP contribution is 2.27. The molecule has 3 heteroatoms. The number of nitrogens with one attached hydrogen (secondary N) is 1. The summed E-state index contributed by atoms with van der Waals surface area (Å²) in [4.78, 5) is 11.2. The lowest BCUT2D eigenvalue weighted by Gasteiger charge is -2.32. The van der Waals surface area contributed by atoms with Crippen LogP contribution in [-0.2, 0) is 4.79 Å². The molecule has 1 aromatic rings. The predicted octanol–water partition coefficient (Wildman–Crippen LogP) is 2.98. The molecule has 18 heavy (non-hydrogen) atoms. The summed E-state index contributed by atoms with van der Waals surface area (Å²) in [5.41, 5.74) is 1.22. The normalized spacial score (nSPS) is 25.6. The molecule has 98 valence electrons. The van der Waals surface area contributed by atoms with Crippen molar-refractivity contribution >= 4 is 5.97 Å². The van der Waals surface area contributed by atoms with Crippen LogP contribution in [0.5, 0.6) is 0 Å². The molecule has 3 nitrogen and oxygen atoms in total. The van der Waals surface area contributed by atoms with Gasteiger partial charge in [-0.1, -0.05) is 43.2 Å². The number of hydrogen-bond donors (Lipinski definition) is 2. The van der Waals surface area contributed by atoms with Crippen LogP contribution in [0.15, 0.2) is 30.3 Å². The van der Waals surface area contributed by atoms with E-state index in [0.717, 1.165) is 25.7 Å². The summed E-state index contributed by atoms with van der Waals surface area (Å²) in [5.74, 6) is -0.891. The number of carboxylic acids is 1. The van der Waals surface area contributed by atoms with Crippen molar-refractivity contribution in [2.75, 3.05) is 0 Å². The van der Waals surface area contributed by atoms with Crippen molar-refractivity contribution in [2.24, 2.45) is 5.92 Å². The standard InChI is InChI=1S/C15H21NO2/c1-11(12-7-3-2-4-8-12)16-14-10-6-5-9-13(14)15(17)18/h2-4,7-8,11,13-14,16H,5-6,9-10H2,1H3,(H,17,18). The third-order valence-corrected chi connectivity index (χ3v) is 3.85. The van der Waals surface area contributed by atoms with Crippen molar-refractivity contribution in [2.45, 2.75) is 44.7 Å². The minimum absolute atomic E-state index is 0.103. The van der Waals surface area contributed by atoms with E-state index in [1.165, 1.54) is 5.56 Å². The molecule has 0 heterocycles. The van der Waals surface area contributed by atoms with Crippen molar-refractivity contribution in [3.05, 3.63) is 35.9 Å². The van der Waals surface area contributed by atoms with Gasteiger partial charge in [-0.25, -0.2) is 0 Å². The third kappa shape index (κ3) is 3.10. The quantitative estimate of drug-likeness (QED) is 0.860. The molecule has 1 fully saturated rings. The van der Waals surface area contributed by atoms with Crippen LogP contribution in [0.3, 0.4) is 0 Å². The zero-order valence-electron chi connectivity index (χ0n) is 10.8. The Morgan fingerprint density at radius 3 is 2.61 bits per heavy atom. The van der Waals surface area contributed by atoms with Gasteiger partial charge < -0.3 is 10.4 Å². The second kappa shape index (κ2) is 6.01. The van der Waals surface area contributed by atoms with Crippen LogP contribution in [0.4, 0.5) is 0 Å². The zero-order valence-corrected chi connectivity index (χ0v) is 10.8. The summed E-state index contributed by atoms with van der Waals surface area (Å²) >= 11 is 0. The van der Waals surface area contributed by atoms with Crippen LogP contribution in [0.2, 0.25) is 0 Å². The maximum absolute atomic E-state index is 11.2. The molecule has 1 aliphatic rings. The van der Waals surface area contributed by atoms with Gasteiger partial charge in [-0.2, -0.15) is 0 Å². The number of rotatable bonds is 4. The van der Waals surface area contributed by atoms with Gasteiger partial charge in [-0.05, 0) is 25.3 Å². The van der Waals surface area contributed by atoms with E-state index in [0.29, 0.717) is 0 Å². The minimum Gasteiger partial charge on any atom is -0.481 e. The maximum Gasteiger partial charge on any atom is 0.308 e. The van der Waals surface area contributed by atoms with Gasteiger partial charge in [-0.3, -0.25) is 4.79 Å². The predicted molar refractivity (Wildman–Crippen MR) is 71.4 cm³/mol. The fourth-order valence-corrected chi connectivity index (χ4v) is 2.78. The van der Waals surface area contributed by atoms with Gasteiger partial charge in [0, 0.05) is 12.1 Å². The molecule has 0 saturated heterocycles. The molecule has 3 unspecified atom stereocenters. The average Bonchev–Trinajstić information content (AvgIpc) is 2.40. The Morgan fingerprint density at radius 1 is 1.28 bits per heavy atom. The van der Waals surface area contributed by atoms with E-state index >= 15 is 0 Å². The first kappa shape index (κ1) is 13.1. The first-order chi connectivity index (χ1) is 8.68. The van der Waals surface area contributed by atoms with Gasteiger partial charge in [0.05, 0.1) is 5.92 Å². The molecule has 1 aliphatic carbocycles. The number of carbonyl (C=O) groups is 1. The van der Waals surface area contributed by atoms with E-state index in [1.807, 2.05) is 18.2 Å². The van der Waals surface area contributed by atoms with Crippen molar-refractivity contribution in [1.29, 1.82) is 0 Å². The molecule has 1 saturated carbocycles. The molecule has 0 radical (unpaired) electrons. The maximum atomic E-state index is 11.2. The lowest BCUT2D eigenvalue weighted by Crippen LogP contribution is -2.43. The van der Waals surface area contributed by atoms with Crippen LogP contribution >= 0.6 is 0 Å². The van der Waals surface area contributed by atoms with Gasteiger partial charge in [-0.15, -0.1) is 0 Å². The van der Waals surface area contributed by atoms with Crippen LogP contribution in [0.1, 0.15) is 44.2 Å². The second-order valence-electron chi connectivity index (χ2n) is 5.13. The first-order valence-corrected chi connectivity index (χ1v) is 6.72. The lowest BCUT2D eigenvalue weighted by atomic mass is 9.84. The Bertz CT molecular complexity index is 391. The van der Waals surface area contributed by atoms with Crippen LogP contribution in [0.25, 0.3) is 0 Å². The molecule has 1 aromatic carbocycles. The number of carboxylic acid groups (broad SMARTS) is 1. The summed E-state index contributed by atoms with van der Waals surface area (Å²) in [6.07, 6.45) is 3.93. The summed E-state index contributed by atoms with van der Waals surface area (Å²) in [5, 5.41) is 12.7. The van der Waals surface area contributed by atoms with Crippen molar-refractivity contribution in [1.82, 2.24) is 5.32 Å². The van der Waals surface area contributed by atoms with E-state index in [2.05, 4.69) is 24.4 Å². The Balaban J connectivity index is 2.01. The lowest BCUT2D eigenvalue weighted by molar-refractivity contribution is -0.143. The van der Waals surface area contributed by atoms with E-state index in [1.54, 1.807) is 0 Å². The fourth-order valence-electron chi connectivity index (χ4n) is 2.78. The second-order valence-corrected chi connectivity index (χ2v) is 5.13. The van der Waals surface area contributed by atoms with Crippen molar-refractivity contribution in [3.8, 4) is 0 Å². The molecule has 3 atom stereocenters. The van der Waals surface area contributed by atoms with E-state index in [-0.39, 0.29) is 18.0 Å². The zero-order chi connectivity index (χ0) is 13.0. The monoisotopic (exact) mass is 247 g/mol. The third-order valence-electron chi connectivity index (χ3n) is 3.85. The Labute approximate surface area is 108 Å². The van der Waals surface area contributed by atoms with E-state index in [4.69, 9.17) is 0 Å². The molecular weight excluding hydrogens is 226 g/mol. The smallest absolute Gasteiger partial charge is 0.308 e. The highest BCUT2D eigenvalue weighted by molar-refractivity contribution is 5.71. The van der Waals surface area contributed by atoms with Crippen molar-refractivity contribution < 1.29 is 9.90 Å². The summed E-state index contributed by atoms with van der Waals surface area (Å²) in [7, 11) is 0. The number of hydrogen-bond acceptors (Lipinski definition) is 2. The van der Waals surface area contributed by atoms with Crippen molar-refractivity contribution in [3.63, 3.8) is 0 Å². The number of aliphatic carboxylic acids is 1. The summed E-state index contributed by atoms with van der Waals surface area (Å²) in [6, 6.07) is 10.5. The molecular formula is C15H21NO2. The summed E-state index contributed by atoms with van der Waals surface area (Å²) < 4.78 is 0. The molecule has 0 bridgehead atoms. The largest absolute Gasteiger partial charge is 0.481 e. The average molecular weight is 247 g/mol. The van der Waals surface area contributed by atoms with Gasteiger partial charge in [0.15, 0.2) is 0 Å². The molecule has 0 spiro atoms. The number of benzene rings is 1. The molecule has 0 aromatic heterocycles. The van der Waals surface area contributed by atoms with E-state index < -0.39 is 5.97 Å². The van der Waals surface area contributed by atoms with Crippen LogP contribution < -0.4 is 5.32 Å². The minimum atomic E-state index is -0.660. The molecule has 0 aliphatic heterocycles. The van der Waals surface area contributed by atoms with Gasteiger partial charge in [0.2, 0.25) is 0 Å².